The maximum Gasteiger partial charge on any atom is 0.326 e. The van der Waals surface area contributed by atoms with E-state index in [0.717, 1.165) is 32.7 Å². The van der Waals surface area contributed by atoms with Crippen LogP contribution in [0.15, 0.2) is 52.9 Å². The minimum absolute atomic E-state index is 0.0250. The minimum Gasteiger partial charge on any atom is -0.480 e. The number of carboxylic acids is 1. The first-order chi connectivity index (χ1) is 15.3. The van der Waals surface area contributed by atoms with E-state index < -0.39 is 22.8 Å². The Kier molecular flexibility index (Phi) is 6.11. The molecule has 1 N–H and O–H groups in total. The van der Waals surface area contributed by atoms with E-state index in [1.54, 1.807) is 12.3 Å². The quantitative estimate of drug-likeness (QED) is 0.730. The Morgan fingerprint density at radius 2 is 1.91 bits per heavy atom. The number of benzene rings is 2. The fraction of sp³-hybridized carbons (Fsp3) is 0.280. The molecule has 0 saturated carbocycles. The summed E-state index contributed by atoms with van der Waals surface area (Å²) in [4.78, 5) is 26.7. The number of halogens is 1. The van der Waals surface area contributed by atoms with Crippen molar-refractivity contribution in [3.8, 4) is 0 Å². The van der Waals surface area contributed by atoms with Gasteiger partial charge in [-0.25, -0.2) is 9.18 Å². The summed E-state index contributed by atoms with van der Waals surface area (Å²) in [5, 5.41) is 9.42. The van der Waals surface area contributed by atoms with Gasteiger partial charge < -0.3 is 10.0 Å². The van der Waals surface area contributed by atoms with Crippen LogP contribution in [0.1, 0.15) is 42.9 Å². The highest BCUT2D eigenvalue weighted by atomic mass is 32.2. The lowest BCUT2D eigenvalue weighted by molar-refractivity contribution is -0.147. The van der Waals surface area contributed by atoms with Crippen molar-refractivity contribution in [1.29, 1.82) is 0 Å². The molecule has 1 aliphatic carbocycles. The van der Waals surface area contributed by atoms with Crippen molar-refractivity contribution in [2.45, 2.75) is 37.1 Å². The van der Waals surface area contributed by atoms with Gasteiger partial charge in [0.05, 0.1) is 6.42 Å². The lowest BCUT2D eigenvalue weighted by Crippen LogP contribution is -2.40. The number of aliphatic carboxylic acids is 1. The molecule has 166 valence electrons. The zero-order chi connectivity index (χ0) is 23.0. The van der Waals surface area contributed by atoms with Crippen molar-refractivity contribution in [2.24, 2.45) is 0 Å². The number of nitrogens with zero attached hydrogens (tertiary/aromatic N) is 1. The first kappa shape index (κ1) is 22.1. The molecule has 5 nitrogen and oxygen atoms in total. The van der Waals surface area contributed by atoms with Crippen LogP contribution in [0.25, 0.3) is 17.2 Å². The smallest absolute Gasteiger partial charge is 0.326 e. The van der Waals surface area contributed by atoms with Crippen molar-refractivity contribution in [1.82, 2.24) is 4.90 Å². The van der Waals surface area contributed by atoms with Gasteiger partial charge in [0.25, 0.3) is 0 Å². The highest BCUT2D eigenvalue weighted by Gasteiger charge is 2.35. The molecule has 1 fully saturated rings. The summed E-state index contributed by atoms with van der Waals surface area (Å²) < 4.78 is 25.7. The molecule has 2 atom stereocenters. The Bertz CT molecular complexity index is 1180. The summed E-state index contributed by atoms with van der Waals surface area (Å²) in [6, 6.07) is 11.1. The maximum atomic E-state index is 14.1. The van der Waals surface area contributed by atoms with Crippen LogP contribution in [-0.4, -0.2) is 44.9 Å². The van der Waals surface area contributed by atoms with Gasteiger partial charge >= 0.3 is 5.97 Å². The van der Waals surface area contributed by atoms with Crippen LogP contribution in [0, 0.1) is 5.82 Å². The van der Waals surface area contributed by atoms with Crippen LogP contribution in [-0.2, 0) is 20.4 Å². The number of carboxylic acid groups (broad SMARTS) is 1. The number of hydrogen-bond acceptors (Lipinski definition) is 3. The Morgan fingerprint density at radius 1 is 1.19 bits per heavy atom. The van der Waals surface area contributed by atoms with Crippen LogP contribution in [0.4, 0.5) is 4.39 Å². The molecular formula is C25H24FNO4S. The van der Waals surface area contributed by atoms with Gasteiger partial charge in [0.15, 0.2) is 0 Å². The lowest BCUT2D eigenvalue weighted by Gasteiger charge is -2.22. The van der Waals surface area contributed by atoms with Gasteiger partial charge in [-0.1, -0.05) is 18.2 Å². The number of fused-ring (bicyclic) bond motifs is 1. The molecule has 2 aliphatic rings. The fourth-order valence-corrected chi connectivity index (χ4v) is 5.00. The van der Waals surface area contributed by atoms with Crippen molar-refractivity contribution in [3.63, 3.8) is 0 Å². The van der Waals surface area contributed by atoms with Crippen LogP contribution in [0.2, 0.25) is 0 Å². The molecule has 0 radical (unpaired) electrons. The number of hydrogen-bond donors (Lipinski definition) is 1. The van der Waals surface area contributed by atoms with E-state index in [2.05, 4.69) is 0 Å². The van der Waals surface area contributed by atoms with Crippen molar-refractivity contribution in [2.75, 3.05) is 12.8 Å². The van der Waals surface area contributed by atoms with Crippen molar-refractivity contribution < 1.29 is 23.3 Å². The third kappa shape index (κ3) is 4.17. The van der Waals surface area contributed by atoms with Gasteiger partial charge in [-0.2, -0.15) is 0 Å². The first-order valence-electron chi connectivity index (χ1n) is 10.4. The van der Waals surface area contributed by atoms with Gasteiger partial charge in [-0.3, -0.25) is 9.00 Å². The number of carbonyl (C=O) groups excluding carboxylic acids is 1. The largest absolute Gasteiger partial charge is 0.480 e. The Morgan fingerprint density at radius 3 is 2.56 bits per heavy atom. The summed E-state index contributed by atoms with van der Waals surface area (Å²) in [5.74, 6) is -1.63. The highest BCUT2D eigenvalue weighted by molar-refractivity contribution is 7.84. The van der Waals surface area contributed by atoms with Crippen LogP contribution in [0.3, 0.4) is 0 Å². The molecule has 0 unspecified atom stereocenters. The summed E-state index contributed by atoms with van der Waals surface area (Å²) in [7, 11) is -1.06. The van der Waals surface area contributed by atoms with Crippen LogP contribution >= 0.6 is 0 Å². The lowest BCUT2D eigenvalue weighted by atomic mass is 10.0. The predicted molar refractivity (Wildman–Crippen MR) is 123 cm³/mol. The first-order valence-corrected chi connectivity index (χ1v) is 12.0. The normalized spacial score (nSPS) is 20.0. The van der Waals surface area contributed by atoms with Gasteiger partial charge in [0.1, 0.15) is 11.9 Å². The average Bonchev–Trinajstić information content (AvgIpc) is 3.34. The Labute approximate surface area is 188 Å². The van der Waals surface area contributed by atoms with E-state index >= 15 is 0 Å². The van der Waals surface area contributed by atoms with Gasteiger partial charge in [-0.15, -0.1) is 0 Å². The third-order valence-corrected chi connectivity index (χ3v) is 7.10. The summed E-state index contributed by atoms with van der Waals surface area (Å²) in [5.41, 5.74) is 4.89. The second-order valence-corrected chi connectivity index (χ2v) is 9.51. The summed E-state index contributed by atoms with van der Waals surface area (Å²) in [6.07, 6.45) is 4.74. The second-order valence-electron chi connectivity index (χ2n) is 8.13. The number of rotatable bonds is 5. The molecule has 32 heavy (non-hydrogen) atoms. The Hall–Kier alpha value is -3.06. The predicted octanol–water partition coefficient (Wildman–Crippen LogP) is 4.36. The zero-order valence-electron chi connectivity index (χ0n) is 17.9. The summed E-state index contributed by atoms with van der Waals surface area (Å²) >= 11 is 0. The highest BCUT2D eigenvalue weighted by Crippen LogP contribution is 2.44. The fourth-order valence-electron chi connectivity index (χ4n) is 4.48. The SMILES string of the molecule is CC1=C(CC(=O)N2CCC[C@@H]2C(=O)O)c2cc(F)ccc2/C1=C/c1ccc([S@@](C)=O)cc1. The van der Waals surface area contributed by atoms with Gasteiger partial charge in [0.2, 0.25) is 5.91 Å². The molecular weight excluding hydrogens is 429 g/mol. The van der Waals surface area contributed by atoms with Gasteiger partial charge in [0, 0.05) is 28.5 Å². The minimum atomic E-state index is -1.06. The van der Waals surface area contributed by atoms with Crippen LogP contribution < -0.4 is 0 Å². The second kappa shape index (κ2) is 8.82. The molecule has 2 aromatic carbocycles. The summed E-state index contributed by atoms with van der Waals surface area (Å²) in [6.45, 7) is 2.33. The van der Waals surface area contributed by atoms with E-state index in [1.807, 2.05) is 37.3 Å². The number of allylic oxidation sites excluding steroid dienone is 2. The Balaban J connectivity index is 1.71. The van der Waals surface area contributed by atoms with Crippen molar-refractivity contribution in [3.05, 3.63) is 70.5 Å². The molecule has 1 aliphatic heterocycles. The van der Waals surface area contributed by atoms with E-state index in [1.165, 1.54) is 17.0 Å². The molecule has 1 saturated heterocycles. The zero-order valence-corrected chi connectivity index (χ0v) is 18.7. The molecule has 2 aromatic rings. The maximum absolute atomic E-state index is 14.1. The van der Waals surface area contributed by atoms with Crippen molar-refractivity contribution >= 4 is 39.9 Å². The van der Waals surface area contributed by atoms with E-state index in [0.29, 0.717) is 24.9 Å². The average molecular weight is 454 g/mol. The number of likely N-dealkylation sites (tertiary alicyclic amines) is 1. The molecule has 4 rings (SSSR count). The van der Waals surface area contributed by atoms with E-state index in [4.69, 9.17) is 0 Å². The molecule has 7 heteroatoms. The van der Waals surface area contributed by atoms with E-state index in [9.17, 15) is 23.3 Å². The number of carbonyl (C=O) groups is 2. The molecule has 0 bridgehead atoms. The molecule has 0 aromatic heterocycles. The molecule has 1 amide bonds. The monoisotopic (exact) mass is 453 g/mol. The van der Waals surface area contributed by atoms with Crippen LogP contribution in [0.5, 0.6) is 0 Å². The van der Waals surface area contributed by atoms with E-state index in [-0.39, 0.29) is 18.1 Å². The molecule has 0 spiro atoms. The standard InChI is InChI=1S/C25H24FNO4S/c1-15-20(12-16-5-8-18(9-6-16)32(2)31)19-10-7-17(26)13-22(19)21(15)14-24(28)27-11-3-4-23(27)25(29)30/h5-10,12-13,23H,3-4,11,14H2,1-2H3,(H,29,30)/b20-12+/t23-,32-/m1/s1. The van der Waals surface area contributed by atoms with Gasteiger partial charge in [-0.05, 0) is 83.5 Å². The number of amides is 1. The topological polar surface area (TPSA) is 74.7 Å². The third-order valence-electron chi connectivity index (χ3n) is 6.16. The molecule has 1 heterocycles.